The highest BCUT2D eigenvalue weighted by molar-refractivity contribution is 7.18. The molecule has 3 aromatic heterocycles. The van der Waals surface area contributed by atoms with Crippen LogP contribution in [0.3, 0.4) is 0 Å². The summed E-state index contributed by atoms with van der Waals surface area (Å²) in [6.07, 6.45) is 1.63. The third-order valence-corrected chi connectivity index (χ3v) is 7.64. The van der Waals surface area contributed by atoms with Gasteiger partial charge in [0.15, 0.2) is 0 Å². The van der Waals surface area contributed by atoms with Crippen molar-refractivity contribution in [3.63, 3.8) is 0 Å². The largest absolute Gasteiger partial charge is 0.467 e. The van der Waals surface area contributed by atoms with Crippen molar-refractivity contribution in [3.8, 4) is 6.07 Å². The van der Waals surface area contributed by atoms with Gasteiger partial charge in [-0.2, -0.15) is 5.26 Å². The Kier molecular flexibility index (Phi) is 6.68. The molecule has 1 aliphatic rings. The van der Waals surface area contributed by atoms with Crippen molar-refractivity contribution in [2.75, 3.05) is 38.0 Å². The molecule has 5 rings (SSSR count). The molecule has 1 fully saturated rings. The SMILES string of the molecule is Cc1c(C#N)c(NC(=O)CN2CCN(Cc3nc4ccccc4s3)CC2)n(Cc2ccco2)c1C. The molecular formula is C26H28N6O2S. The lowest BCUT2D eigenvalue weighted by atomic mass is 10.2. The monoisotopic (exact) mass is 488 g/mol. The smallest absolute Gasteiger partial charge is 0.239 e. The lowest BCUT2D eigenvalue weighted by Crippen LogP contribution is -2.48. The van der Waals surface area contributed by atoms with Crippen molar-refractivity contribution in [2.45, 2.75) is 26.9 Å². The molecule has 1 N–H and O–H groups in total. The van der Waals surface area contributed by atoms with Crippen LogP contribution in [0, 0.1) is 25.2 Å². The van der Waals surface area contributed by atoms with Crippen molar-refractivity contribution in [1.29, 1.82) is 5.26 Å². The molecule has 4 aromatic rings. The Labute approximate surface area is 208 Å². The number of carbonyl (C=O) groups excluding carboxylic acids is 1. The first-order valence-corrected chi connectivity index (χ1v) is 12.5. The number of thiazole rings is 1. The van der Waals surface area contributed by atoms with Crippen molar-refractivity contribution >= 4 is 33.3 Å². The minimum absolute atomic E-state index is 0.112. The zero-order valence-corrected chi connectivity index (χ0v) is 20.8. The fourth-order valence-corrected chi connectivity index (χ4v) is 5.56. The Morgan fingerprint density at radius 3 is 2.60 bits per heavy atom. The van der Waals surface area contributed by atoms with E-state index in [0.29, 0.717) is 24.5 Å². The van der Waals surface area contributed by atoms with Crippen LogP contribution >= 0.6 is 11.3 Å². The third-order valence-electron chi connectivity index (χ3n) is 6.62. The molecule has 1 aromatic carbocycles. The number of nitrogens with zero attached hydrogens (tertiary/aromatic N) is 5. The number of amides is 1. The van der Waals surface area contributed by atoms with Crippen molar-refractivity contribution in [1.82, 2.24) is 19.4 Å². The number of nitrogens with one attached hydrogen (secondary N) is 1. The quantitative estimate of drug-likeness (QED) is 0.423. The summed E-state index contributed by atoms with van der Waals surface area (Å²) in [4.78, 5) is 22.3. The number of rotatable bonds is 7. The molecule has 0 aliphatic carbocycles. The highest BCUT2D eigenvalue weighted by atomic mass is 32.1. The van der Waals surface area contributed by atoms with Crippen LogP contribution in [-0.4, -0.2) is 58.0 Å². The molecule has 1 saturated heterocycles. The first-order chi connectivity index (χ1) is 17.0. The normalized spacial score (nSPS) is 14.9. The van der Waals surface area contributed by atoms with Crippen LogP contribution in [0.25, 0.3) is 10.2 Å². The molecule has 4 heterocycles. The average Bonchev–Trinajstić information content (AvgIpc) is 3.56. The number of nitriles is 1. The summed E-state index contributed by atoms with van der Waals surface area (Å²) in [7, 11) is 0. The molecule has 0 unspecified atom stereocenters. The van der Waals surface area contributed by atoms with Gasteiger partial charge in [0, 0.05) is 31.9 Å². The molecule has 0 radical (unpaired) electrons. The summed E-state index contributed by atoms with van der Waals surface area (Å²) in [5.74, 6) is 1.20. The van der Waals surface area contributed by atoms with E-state index in [1.54, 1.807) is 17.6 Å². The van der Waals surface area contributed by atoms with E-state index in [0.717, 1.165) is 60.3 Å². The number of piperazine rings is 1. The molecule has 0 spiro atoms. The number of carbonyl (C=O) groups is 1. The highest BCUT2D eigenvalue weighted by Crippen LogP contribution is 2.28. The van der Waals surface area contributed by atoms with E-state index in [9.17, 15) is 10.1 Å². The van der Waals surface area contributed by atoms with Crippen LogP contribution in [0.1, 0.15) is 27.6 Å². The van der Waals surface area contributed by atoms with E-state index >= 15 is 0 Å². The van der Waals surface area contributed by atoms with Gasteiger partial charge in [-0.1, -0.05) is 12.1 Å². The number of fused-ring (bicyclic) bond motifs is 1. The molecule has 180 valence electrons. The van der Waals surface area contributed by atoms with Gasteiger partial charge in [0.05, 0.1) is 41.7 Å². The maximum absolute atomic E-state index is 13.0. The minimum Gasteiger partial charge on any atom is -0.467 e. The Hall–Kier alpha value is -3.45. The molecule has 8 nitrogen and oxygen atoms in total. The molecule has 1 amide bonds. The maximum Gasteiger partial charge on any atom is 0.239 e. The first kappa shape index (κ1) is 23.3. The van der Waals surface area contributed by atoms with Crippen LogP contribution in [0.2, 0.25) is 0 Å². The van der Waals surface area contributed by atoms with Crippen molar-refractivity contribution < 1.29 is 9.21 Å². The molecule has 35 heavy (non-hydrogen) atoms. The van der Waals surface area contributed by atoms with Crippen LogP contribution in [0.15, 0.2) is 47.1 Å². The Bertz CT molecular complexity index is 1340. The van der Waals surface area contributed by atoms with E-state index in [2.05, 4.69) is 33.3 Å². The van der Waals surface area contributed by atoms with Crippen LogP contribution in [0.5, 0.6) is 0 Å². The van der Waals surface area contributed by atoms with E-state index in [1.807, 2.05) is 42.7 Å². The summed E-state index contributed by atoms with van der Waals surface area (Å²) < 4.78 is 8.66. The van der Waals surface area contributed by atoms with Crippen LogP contribution in [-0.2, 0) is 17.9 Å². The van der Waals surface area contributed by atoms with Gasteiger partial charge in [0.2, 0.25) is 5.91 Å². The van der Waals surface area contributed by atoms with Gasteiger partial charge in [-0.05, 0) is 43.7 Å². The Morgan fingerprint density at radius 1 is 1.11 bits per heavy atom. The highest BCUT2D eigenvalue weighted by Gasteiger charge is 2.23. The third kappa shape index (κ3) is 5.00. The molecule has 9 heteroatoms. The zero-order chi connectivity index (χ0) is 24.4. The molecule has 1 aliphatic heterocycles. The summed E-state index contributed by atoms with van der Waals surface area (Å²) in [6, 6.07) is 14.2. The van der Waals surface area contributed by atoms with Crippen LogP contribution < -0.4 is 5.32 Å². The molecule has 0 saturated carbocycles. The van der Waals surface area contributed by atoms with E-state index in [4.69, 9.17) is 9.40 Å². The predicted molar refractivity (Wildman–Crippen MR) is 136 cm³/mol. The van der Waals surface area contributed by atoms with Gasteiger partial charge in [0.25, 0.3) is 0 Å². The van der Waals surface area contributed by atoms with Gasteiger partial charge in [0.1, 0.15) is 22.7 Å². The van der Waals surface area contributed by atoms with E-state index < -0.39 is 0 Å². The summed E-state index contributed by atoms with van der Waals surface area (Å²) >= 11 is 1.75. The number of aromatic nitrogens is 2. The fraction of sp³-hybridized carbons (Fsp3) is 0.346. The number of furan rings is 1. The van der Waals surface area contributed by atoms with Crippen LogP contribution in [0.4, 0.5) is 5.82 Å². The number of hydrogen-bond donors (Lipinski definition) is 1. The summed E-state index contributed by atoms with van der Waals surface area (Å²) in [5, 5.41) is 13.9. The second kappa shape index (κ2) is 10.0. The van der Waals surface area contributed by atoms with Gasteiger partial charge in [-0.3, -0.25) is 14.6 Å². The van der Waals surface area contributed by atoms with Crippen molar-refractivity contribution in [3.05, 3.63) is 70.3 Å². The second-order valence-electron chi connectivity index (χ2n) is 8.89. The first-order valence-electron chi connectivity index (χ1n) is 11.7. The maximum atomic E-state index is 13.0. The average molecular weight is 489 g/mol. The van der Waals surface area contributed by atoms with Gasteiger partial charge in [-0.15, -0.1) is 11.3 Å². The topological polar surface area (TPSA) is 90.3 Å². The lowest BCUT2D eigenvalue weighted by molar-refractivity contribution is -0.117. The van der Waals surface area contributed by atoms with Gasteiger partial charge < -0.3 is 14.3 Å². The van der Waals surface area contributed by atoms with E-state index in [-0.39, 0.29) is 5.91 Å². The molecule has 0 bridgehead atoms. The number of anilines is 1. The summed E-state index contributed by atoms with van der Waals surface area (Å²) in [6.45, 7) is 8.87. The second-order valence-corrected chi connectivity index (χ2v) is 10.0. The van der Waals surface area contributed by atoms with Gasteiger partial charge >= 0.3 is 0 Å². The molecular weight excluding hydrogens is 460 g/mol. The lowest BCUT2D eigenvalue weighted by Gasteiger charge is -2.33. The number of hydrogen-bond acceptors (Lipinski definition) is 7. The molecule has 0 atom stereocenters. The predicted octanol–water partition coefficient (Wildman–Crippen LogP) is 3.98. The minimum atomic E-state index is -0.112. The van der Waals surface area contributed by atoms with Gasteiger partial charge in [-0.25, -0.2) is 4.98 Å². The van der Waals surface area contributed by atoms with E-state index in [1.165, 1.54) is 4.70 Å². The Morgan fingerprint density at radius 2 is 1.89 bits per heavy atom. The standard InChI is InChI=1S/C26H28N6O2S/c1-18-19(2)32(15-20-6-5-13-34-20)26(21(18)14-27)29-24(33)16-30-9-11-31(12-10-30)17-25-28-22-7-3-4-8-23(22)35-25/h3-8,13H,9-12,15-17H2,1-2H3,(H,29,33). The Balaban J connectivity index is 1.19. The van der Waals surface area contributed by atoms with Crippen molar-refractivity contribution in [2.24, 2.45) is 0 Å². The number of benzene rings is 1. The number of para-hydroxylation sites is 1. The summed E-state index contributed by atoms with van der Waals surface area (Å²) in [5.41, 5.74) is 3.37. The zero-order valence-electron chi connectivity index (χ0n) is 20.0. The fourth-order valence-electron chi connectivity index (χ4n) is 4.55.